The molecule has 6 heteroatoms. The van der Waals surface area contributed by atoms with E-state index in [9.17, 15) is 9.59 Å². The molecule has 1 aromatic rings. The number of amidine groups is 1. The van der Waals surface area contributed by atoms with Crippen molar-refractivity contribution in [3.05, 3.63) is 30.3 Å². The molecule has 1 heterocycles. The van der Waals surface area contributed by atoms with Crippen LogP contribution in [0.25, 0.3) is 0 Å². The molecule has 0 saturated carbocycles. The van der Waals surface area contributed by atoms with Gasteiger partial charge in [-0.3, -0.25) is 15.0 Å². The number of anilines is 1. The SMILES string of the molecule is N=C1NC(=O)CC(C(=O)Nc2ccccc2)S1. The molecular weight excluding hydrogens is 238 g/mol. The number of hydrogen-bond acceptors (Lipinski definition) is 4. The van der Waals surface area contributed by atoms with Gasteiger partial charge in [-0.15, -0.1) is 0 Å². The van der Waals surface area contributed by atoms with E-state index in [1.54, 1.807) is 12.1 Å². The number of rotatable bonds is 2. The minimum atomic E-state index is -0.531. The van der Waals surface area contributed by atoms with Crippen molar-refractivity contribution in [1.29, 1.82) is 5.41 Å². The summed E-state index contributed by atoms with van der Waals surface area (Å²) in [7, 11) is 0. The molecule has 88 valence electrons. The zero-order valence-corrected chi connectivity index (χ0v) is 9.71. The van der Waals surface area contributed by atoms with Crippen molar-refractivity contribution < 1.29 is 9.59 Å². The average molecular weight is 249 g/mol. The van der Waals surface area contributed by atoms with E-state index in [1.807, 2.05) is 18.2 Å². The Kier molecular flexibility index (Phi) is 3.43. The highest BCUT2D eigenvalue weighted by molar-refractivity contribution is 8.15. The van der Waals surface area contributed by atoms with E-state index in [-0.39, 0.29) is 23.4 Å². The third kappa shape index (κ3) is 3.07. The maximum absolute atomic E-state index is 11.9. The van der Waals surface area contributed by atoms with Crippen LogP contribution in [-0.4, -0.2) is 22.2 Å². The molecule has 0 bridgehead atoms. The summed E-state index contributed by atoms with van der Waals surface area (Å²) < 4.78 is 0. The van der Waals surface area contributed by atoms with Crippen LogP contribution in [0.15, 0.2) is 30.3 Å². The normalized spacial score (nSPS) is 19.6. The Morgan fingerprint density at radius 1 is 1.41 bits per heavy atom. The first-order valence-corrected chi connectivity index (χ1v) is 5.94. The number of para-hydroxylation sites is 1. The lowest BCUT2D eigenvalue weighted by Crippen LogP contribution is -2.41. The maximum Gasteiger partial charge on any atom is 0.238 e. The second kappa shape index (κ2) is 5.01. The lowest BCUT2D eigenvalue weighted by atomic mass is 10.2. The third-order valence-corrected chi connectivity index (χ3v) is 3.22. The van der Waals surface area contributed by atoms with Crippen LogP contribution in [0.5, 0.6) is 0 Å². The summed E-state index contributed by atoms with van der Waals surface area (Å²) >= 11 is 1.06. The Balaban J connectivity index is 2.00. The van der Waals surface area contributed by atoms with Crippen molar-refractivity contribution in [2.24, 2.45) is 0 Å². The Morgan fingerprint density at radius 3 is 2.76 bits per heavy atom. The Hall–Kier alpha value is -1.82. The second-order valence-corrected chi connectivity index (χ2v) is 4.76. The molecule has 0 aliphatic carbocycles. The predicted molar refractivity (Wildman–Crippen MR) is 66.9 cm³/mol. The van der Waals surface area contributed by atoms with Crippen molar-refractivity contribution in [2.45, 2.75) is 11.7 Å². The van der Waals surface area contributed by atoms with Crippen LogP contribution < -0.4 is 10.6 Å². The zero-order valence-electron chi connectivity index (χ0n) is 8.90. The van der Waals surface area contributed by atoms with E-state index < -0.39 is 5.25 Å². The maximum atomic E-state index is 11.9. The molecule has 1 aromatic carbocycles. The minimum absolute atomic E-state index is 0.0226. The lowest BCUT2D eigenvalue weighted by Gasteiger charge is -2.21. The van der Waals surface area contributed by atoms with E-state index in [2.05, 4.69) is 10.6 Å². The standard InChI is InChI=1S/C11H11N3O2S/c12-11-14-9(15)6-8(17-11)10(16)13-7-4-2-1-3-5-7/h1-5,8H,6H2,(H,13,16)(H2,12,14,15). The third-order valence-electron chi connectivity index (χ3n) is 2.22. The summed E-state index contributed by atoms with van der Waals surface area (Å²) in [6.07, 6.45) is 0.103. The Morgan fingerprint density at radius 2 is 2.12 bits per heavy atom. The van der Waals surface area contributed by atoms with Gasteiger partial charge in [0.25, 0.3) is 0 Å². The van der Waals surface area contributed by atoms with Crippen molar-refractivity contribution in [2.75, 3.05) is 5.32 Å². The number of carbonyl (C=O) groups excluding carboxylic acids is 2. The average Bonchev–Trinajstić information content (AvgIpc) is 2.29. The fourth-order valence-corrected chi connectivity index (χ4v) is 2.31. The highest BCUT2D eigenvalue weighted by atomic mass is 32.2. The summed E-state index contributed by atoms with van der Waals surface area (Å²) in [5.74, 6) is -0.539. The molecule has 1 unspecified atom stereocenters. The van der Waals surface area contributed by atoms with E-state index in [1.165, 1.54) is 0 Å². The van der Waals surface area contributed by atoms with E-state index in [0.717, 1.165) is 11.8 Å². The molecule has 1 fully saturated rings. The second-order valence-electron chi connectivity index (χ2n) is 3.54. The van der Waals surface area contributed by atoms with Crippen LogP contribution >= 0.6 is 11.8 Å². The molecule has 1 saturated heterocycles. The van der Waals surface area contributed by atoms with Crippen LogP contribution in [0.1, 0.15) is 6.42 Å². The highest BCUT2D eigenvalue weighted by Gasteiger charge is 2.29. The van der Waals surface area contributed by atoms with Crippen molar-refractivity contribution in [3.63, 3.8) is 0 Å². The number of nitrogens with one attached hydrogen (secondary N) is 3. The fraction of sp³-hybridized carbons (Fsp3) is 0.182. The molecule has 0 radical (unpaired) electrons. The number of carbonyl (C=O) groups is 2. The zero-order chi connectivity index (χ0) is 12.3. The van der Waals surface area contributed by atoms with Gasteiger partial charge in [0.1, 0.15) is 5.25 Å². The largest absolute Gasteiger partial charge is 0.325 e. The number of amides is 2. The number of hydrogen-bond donors (Lipinski definition) is 3. The monoisotopic (exact) mass is 249 g/mol. The van der Waals surface area contributed by atoms with Gasteiger partial charge in [0.05, 0.1) is 0 Å². The molecular formula is C11H11N3O2S. The molecule has 2 amide bonds. The molecule has 0 aromatic heterocycles. The van der Waals surface area contributed by atoms with E-state index >= 15 is 0 Å². The van der Waals surface area contributed by atoms with Gasteiger partial charge in [-0.05, 0) is 12.1 Å². The quantitative estimate of drug-likeness (QED) is 0.736. The first kappa shape index (κ1) is 11.7. The van der Waals surface area contributed by atoms with Crippen molar-refractivity contribution in [1.82, 2.24) is 5.32 Å². The Labute approximate surface area is 102 Å². The van der Waals surface area contributed by atoms with Gasteiger partial charge in [0.15, 0.2) is 5.17 Å². The summed E-state index contributed by atoms with van der Waals surface area (Å²) in [5, 5.41) is 11.9. The van der Waals surface area contributed by atoms with Gasteiger partial charge in [0.2, 0.25) is 11.8 Å². The number of benzene rings is 1. The summed E-state index contributed by atoms with van der Waals surface area (Å²) in [4.78, 5) is 23.0. The van der Waals surface area contributed by atoms with Crippen LogP contribution in [0.2, 0.25) is 0 Å². The van der Waals surface area contributed by atoms with Crippen molar-refractivity contribution >= 4 is 34.4 Å². The van der Waals surface area contributed by atoms with Gasteiger partial charge >= 0.3 is 0 Å². The van der Waals surface area contributed by atoms with Gasteiger partial charge in [-0.1, -0.05) is 30.0 Å². The topological polar surface area (TPSA) is 82.1 Å². The highest BCUT2D eigenvalue weighted by Crippen LogP contribution is 2.21. The first-order valence-electron chi connectivity index (χ1n) is 5.06. The van der Waals surface area contributed by atoms with Gasteiger partial charge in [-0.2, -0.15) is 0 Å². The Bertz CT molecular complexity index is 445. The fourth-order valence-electron chi connectivity index (χ4n) is 1.45. The van der Waals surface area contributed by atoms with Gasteiger partial charge in [0, 0.05) is 12.1 Å². The van der Waals surface area contributed by atoms with Crippen LogP contribution in [0.4, 0.5) is 5.69 Å². The minimum Gasteiger partial charge on any atom is -0.325 e. The molecule has 2 rings (SSSR count). The molecule has 1 aliphatic heterocycles. The molecule has 1 atom stereocenters. The first-order chi connectivity index (χ1) is 8.15. The van der Waals surface area contributed by atoms with Crippen LogP contribution in [0.3, 0.4) is 0 Å². The van der Waals surface area contributed by atoms with Crippen LogP contribution in [0, 0.1) is 5.41 Å². The molecule has 1 aliphatic rings. The summed E-state index contributed by atoms with van der Waals surface area (Å²) in [5.41, 5.74) is 0.690. The molecule has 17 heavy (non-hydrogen) atoms. The van der Waals surface area contributed by atoms with Crippen LogP contribution in [-0.2, 0) is 9.59 Å². The van der Waals surface area contributed by atoms with Gasteiger partial charge < -0.3 is 10.6 Å². The smallest absolute Gasteiger partial charge is 0.238 e. The van der Waals surface area contributed by atoms with Gasteiger partial charge in [-0.25, -0.2) is 0 Å². The summed E-state index contributed by atoms with van der Waals surface area (Å²) in [6.45, 7) is 0. The number of thioether (sulfide) groups is 1. The van der Waals surface area contributed by atoms with E-state index in [0.29, 0.717) is 5.69 Å². The molecule has 5 nitrogen and oxygen atoms in total. The molecule has 0 spiro atoms. The molecule has 3 N–H and O–H groups in total. The predicted octanol–water partition coefficient (Wildman–Crippen LogP) is 1.18. The lowest BCUT2D eigenvalue weighted by molar-refractivity contribution is -0.123. The van der Waals surface area contributed by atoms with E-state index in [4.69, 9.17) is 5.41 Å². The summed E-state index contributed by atoms with van der Waals surface area (Å²) in [6, 6.07) is 9.04. The van der Waals surface area contributed by atoms with Crippen molar-refractivity contribution in [3.8, 4) is 0 Å².